The van der Waals surface area contributed by atoms with Crippen molar-refractivity contribution in [2.24, 2.45) is 0 Å². The molecule has 0 atom stereocenters. The molecule has 0 N–H and O–H groups in total. The Balaban J connectivity index is 2.75. The van der Waals surface area contributed by atoms with E-state index in [0.29, 0.717) is 0 Å². The third kappa shape index (κ3) is 9.52. The zero-order valence-electron chi connectivity index (χ0n) is 7.31. The molecule has 0 unspecified atom stereocenters. The molecule has 0 aromatic heterocycles. The van der Waals surface area contributed by atoms with Crippen molar-refractivity contribution in [3.8, 4) is 12.3 Å². The maximum absolute atomic E-state index is 5.19. The molecule has 1 nitrogen and oxygen atoms in total. The number of hydrogen-bond donors (Lipinski definition) is 0. The summed E-state index contributed by atoms with van der Waals surface area (Å²) in [5, 5.41) is 0. The smallest absolute Gasteiger partial charge is 0.0833 e. The first-order valence-electron chi connectivity index (χ1n) is 4.28. The molecule has 0 fully saturated rings. The van der Waals surface area contributed by atoms with Gasteiger partial charge in [-0.1, -0.05) is 13.3 Å². The van der Waals surface area contributed by atoms with Gasteiger partial charge < -0.3 is 4.74 Å². The van der Waals surface area contributed by atoms with Crippen molar-refractivity contribution < 1.29 is 4.74 Å². The van der Waals surface area contributed by atoms with Crippen LogP contribution in [0.1, 0.15) is 39.0 Å². The molecular weight excluding hydrogens is 136 g/mol. The average molecular weight is 153 g/mol. The zero-order chi connectivity index (χ0) is 8.36. The largest absolute Gasteiger partial charge is 0.376 e. The highest BCUT2D eigenvalue weighted by molar-refractivity contribution is 4.82. The highest BCUT2D eigenvalue weighted by Gasteiger charge is 1.88. The van der Waals surface area contributed by atoms with Crippen molar-refractivity contribution in [2.45, 2.75) is 39.0 Å². The molecule has 0 aromatic rings. The van der Waals surface area contributed by atoms with Gasteiger partial charge in [-0.3, -0.25) is 0 Å². The summed E-state index contributed by atoms with van der Waals surface area (Å²) in [6.45, 7) is 4.76. The lowest BCUT2D eigenvalue weighted by Gasteiger charge is -1.99. The van der Waals surface area contributed by atoms with Gasteiger partial charge in [0, 0.05) is 13.0 Å². The molecule has 0 amide bonds. The summed E-state index contributed by atoms with van der Waals surface area (Å²) in [6, 6.07) is 0. The van der Waals surface area contributed by atoms with E-state index in [-0.39, 0.29) is 0 Å². The molecule has 0 aromatic carbocycles. The predicted molar refractivity (Wildman–Crippen MR) is 47.8 cm³/mol. The molecule has 0 aliphatic rings. The minimum absolute atomic E-state index is 0.846. The van der Waals surface area contributed by atoms with Crippen LogP contribution >= 0.6 is 0 Å². The van der Waals surface area contributed by atoms with Gasteiger partial charge in [-0.2, -0.15) is 0 Å². The SMILES string of the molecule is C#CCCCCCO[CH]CC. The third-order valence-corrected chi connectivity index (χ3v) is 1.37. The molecule has 11 heavy (non-hydrogen) atoms. The summed E-state index contributed by atoms with van der Waals surface area (Å²) in [7, 11) is 0. The minimum Gasteiger partial charge on any atom is -0.376 e. The van der Waals surface area contributed by atoms with Gasteiger partial charge in [0.05, 0.1) is 6.61 Å². The summed E-state index contributed by atoms with van der Waals surface area (Å²) >= 11 is 0. The molecule has 0 rings (SSSR count). The van der Waals surface area contributed by atoms with Crippen molar-refractivity contribution in [2.75, 3.05) is 6.61 Å². The second-order valence-electron chi connectivity index (χ2n) is 2.46. The molecular formula is C10H17O. The van der Waals surface area contributed by atoms with Crippen molar-refractivity contribution in [3.63, 3.8) is 0 Å². The lowest BCUT2D eigenvalue weighted by molar-refractivity contribution is 0.188. The van der Waals surface area contributed by atoms with Gasteiger partial charge in [0.25, 0.3) is 0 Å². The number of terminal acetylenes is 1. The molecule has 1 radical (unpaired) electrons. The van der Waals surface area contributed by atoms with Gasteiger partial charge in [0.1, 0.15) is 0 Å². The average Bonchev–Trinajstić information content (AvgIpc) is 2.03. The Morgan fingerprint density at radius 1 is 1.36 bits per heavy atom. The van der Waals surface area contributed by atoms with E-state index < -0.39 is 0 Å². The van der Waals surface area contributed by atoms with Crippen LogP contribution in [0.5, 0.6) is 0 Å². The Morgan fingerprint density at radius 2 is 2.18 bits per heavy atom. The van der Waals surface area contributed by atoms with Gasteiger partial charge in [0.2, 0.25) is 0 Å². The van der Waals surface area contributed by atoms with Gasteiger partial charge in [-0.15, -0.1) is 12.3 Å². The topological polar surface area (TPSA) is 9.23 Å². The van der Waals surface area contributed by atoms with Crippen molar-refractivity contribution >= 4 is 0 Å². The molecule has 1 heteroatoms. The quantitative estimate of drug-likeness (QED) is 0.403. The molecule has 0 spiro atoms. The fraction of sp³-hybridized carbons (Fsp3) is 0.700. The fourth-order valence-electron chi connectivity index (χ4n) is 0.790. The highest BCUT2D eigenvalue weighted by Crippen LogP contribution is 1.99. The summed E-state index contributed by atoms with van der Waals surface area (Å²) in [5.74, 6) is 2.62. The van der Waals surface area contributed by atoms with Crippen LogP contribution in [0.15, 0.2) is 0 Å². The van der Waals surface area contributed by atoms with Crippen molar-refractivity contribution in [1.82, 2.24) is 0 Å². The van der Waals surface area contributed by atoms with E-state index >= 15 is 0 Å². The van der Waals surface area contributed by atoms with Crippen LogP contribution in [0.4, 0.5) is 0 Å². The Bertz CT molecular complexity index is 102. The van der Waals surface area contributed by atoms with E-state index in [1.807, 2.05) is 6.61 Å². The molecule has 0 aliphatic heterocycles. The first-order valence-corrected chi connectivity index (χ1v) is 4.28. The maximum atomic E-state index is 5.19. The van der Waals surface area contributed by atoms with Crippen LogP contribution in [0.3, 0.4) is 0 Å². The first-order chi connectivity index (χ1) is 5.41. The van der Waals surface area contributed by atoms with Crippen LogP contribution < -0.4 is 0 Å². The number of ether oxygens (including phenoxy) is 1. The molecule has 0 aliphatic carbocycles. The van der Waals surface area contributed by atoms with Crippen LogP contribution in [0.2, 0.25) is 0 Å². The Kier molecular flexibility index (Phi) is 9.10. The summed E-state index contributed by atoms with van der Waals surface area (Å²) in [5.41, 5.74) is 0. The Labute approximate surface area is 70.1 Å². The highest BCUT2D eigenvalue weighted by atomic mass is 16.5. The summed E-state index contributed by atoms with van der Waals surface area (Å²) < 4.78 is 5.19. The van der Waals surface area contributed by atoms with Crippen molar-refractivity contribution in [3.05, 3.63) is 6.61 Å². The van der Waals surface area contributed by atoms with Crippen LogP contribution in [-0.4, -0.2) is 6.61 Å². The third-order valence-electron chi connectivity index (χ3n) is 1.37. The normalized spacial score (nSPS) is 9.45. The maximum Gasteiger partial charge on any atom is 0.0833 e. The first kappa shape index (κ1) is 10.5. The predicted octanol–water partition coefficient (Wildman–Crippen LogP) is 2.77. The molecule has 0 saturated carbocycles. The van der Waals surface area contributed by atoms with Crippen LogP contribution in [0.25, 0.3) is 0 Å². The monoisotopic (exact) mass is 153 g/mol. The number of rotatable bonds is 7. The Hall–Kier alpha value is -0.480. The van der Waals surface area contributed by atoms with Crippen LogP contribution in [-0.2, 0) is 4.74 Å². The van der Waals surface area contributed by atoms with Gasteiger partial charge >= 0.3 is 0 Å². The van der Waals surface area contributed by atoms with Crippen molar-refractivity contribution in [1.29, 1.82) is 0 Å². The standard InChI is InChI=1S/C10H17O/c1-3-5-6-7-8-10-11-9-4-2/h1,9H,4-8,10H2,2H3. The van der Waals surface area contributed by atoms with Gasteiger partial charge in [-0.25, -0.2) is 0 Å². The summed E-state index contributed by atoms with van der Waals surface area (Å²) in [6.07, 6.45) is 10.4. The van der Waals surface area contributed by atoms with E-state index in [4.69, 9.17) is 11.2 Å². The number of hydrogen-bond acceptors (Lipinski definition) is 1. The van der Waals surface area contributed by atoms with E-state index in [2.05, 4.69) is 12.8 Å². The second-order valence-corrected chi connectivity index (χ2v) is 2.46. The minimum atomic E-state index is 0.846. The Morgan fingerprint density at radius 3 is 2.82 bits per heavy atom. The summed E-state index contributed by atoms with van der Waals surface area (Å²) in [4.78, 5) is 0. The van der Waals surface area contributed by atoms with Gasteiger partial charge in [0.15, 0.2) is 0 Å². The lowest BCUT2D eigenvalue weighted by atomic mass is 10.2. The van der Waals surface area contributed by atoms with Gasteiger partial charge in [-0.05, 0) is 19.3 Å². The molecule has 0 saturated heterocycles. The zero-order valence-corrected chi connectivity index (χ0v) is 7.31. The van der Waals surface area contributed by atoms with E-state index in [0.717, 1.165) is 32.3 Å². The molecule has 0 bridgehead atoms. The molecule has 63 valence electrons. The fourth-order valence-corrected chi connectivity index (χ4v) is 0.790. The number of unbranched alkanes of at least 4 members (excludes halogenated alkanes) is 3. The van der Waals surface area contributed by atoms with E-state index in [9.17, 15) is 0 Å². The van der Waals surface area contributed by atoms with Crippen LogP contribution in [0, 0.1) is 19.0 Å². The lowest BCUT2D eigenvalue weighted by Crippen LogP contribution is -1.90. The molecule has 0 heterocycles. The van der Waals surface area contributed by atoms with E-state index in [1.54, 1.807) is 0 Å². The van der Waals surface area contributed by atoms with E-state index in [1.165, 1.54) is 6.42 Å². The second kappa shape index (κ2) is 9.52.